The number of aliphatic hydroxyl groups is 1. The Hall–Kier alpha value is -3.41. The average molecular weight is 521 g/mol. The number of hydrogen-bond donors (Lipinski definition) is 3. The summed E-state index contributed by atoms with van der Waals surface area (Å²) < 4.78 is 73.8. The molecule has 12 heteroatoms. The first kappa shape index (κ1) is 23.3. The summed E-state index contributed by atoms with van der Waals surface area (Å²) >= 11 is 6.05. The largest absolute Gasteiger partial charge is 0.388 e. The SMILES string of the molecule is Nc1ncc2c(F)c(-c3c(F)ccc(NS(=O)(=O)c4cc(Cl)cc5c4CC[C@H]5O)c3F)ccc2n1. The fourth-order valence-corrected chi connectivity index (χ4v) is 5.91. The number of halogens is 4. The van der Waals surface area contributed by atoms with Crippen LogP contribution in [0.1, 0.15) is 23.7 Å². The lowest BCUT2D eigenvalue weighted by Crippen LogP contribution is -2.16. The molecule has 4 N–H and O–H groups in total. The topological polar surface area (TPSA) is 118 Å². The van der Waals surface area contributed by atoms with Crippen LogP contribution < -0.4 is 10.5 Å². The van der Waals surface area contributed by atoms with Gasteiger partial charge in [-0.3, -0.25) is 4.72 Å². The van der Waals surface area contributed by atoms with Crippen molar-refractivity contribution in [1.82, 2.24) is 9.97 Å². The molecule has 5 rings (SSSR count). The molecule has 1 aliphatic rings. The summed E-state index contributed by atoms with van der Waals surface area (Å²) in [5, 5.41) is 10.1. The standard InChI is InChI=1S/C23H16ClF3N4O3S/c24-10-7-13-11(2-6-18(13)32)19(8-10)35(33,34)31-17-5-3-15(25)20(22(17)27)12-1-4-16-14(21(12)26)9-29-23(28)30-16/h1,3-5,7-9,18,31-32H,2,6H2,(H2,28,29,30)/t18-/m1/s1. The lowest BCUT2D eigenvalue weighted by atomic mass is 10.0. The summed E-state index contributed by atoms with van der Waals surface area (Å²) in [6, 6.07) is 6.83. The predicted octanol–water partition coefficient (Wildman–Crippen LogP) is 4.73. The molecule has 0 fully saturated rings. The molecule has 0 aliphatic heterocycles. The molecule has 1 atom stereocenters. The summed E-state index contributed by atoms with van der Waals surface area (Å²) in [6.45, 7) is 0. The zero-order valence-corrected chi connectivity index (χ0v) is 19.3. The van der Waals surface area contributed by atoms with Crippen molar-refractivity contribution in [2.24, 2.45) is 0 Å². The molecule has 0 bridgehead atoms. The minimum Gasteiger partial charge on any atom is -0.388 e. The Kier molecular flexibility index (Phi) is 5.58. The second-order valence-electron chi connectivity index (χ2n) is 8.00. The number of sulfonamides is 1. The van der Waals surface area contributed by atoms with Crippen molar-refractivity contribution in [3.63, 3.8) is 0 Å². The maximum atomic E-state index is 15.5. The van der Waals surface area contributed by atoms with Gasteiger partial charge in [0.15, 0.2) is 5.82 Å². The fourth-order valence-electron chi connectivity index (χ4n) is 4.23. The molecule has 3 aromatic carbocycles. The molecule has 180 valence electrons. The van der Waals surface area contributed by atoms with Gasteiger partial charge in [-0.1, -0.05) is 11.6 Å². The van der Waals surface area contributed by atoms with E-state index in [1.54, 1.807) is 0 Å². The summed E-state index contributed by atoms with van der Waals surface area (Å²) in [7, 11) is -4.40. The monoisotopic (exact) mass is 520 g/mol. The number of fused-ring (bicyclic) bond motifs is 2. The number of nitrogens with one attached hydrogen (secondary N) is 1. The first-order valence-corrected chi connectivity index (χ1v) is 12.1. The van der Waals surface area contributed by atoms with Gasteiger partial charge in [0, 0.05) is 16.8 Å². The van der Waals surface area contributed by atoms with Gasteiger partial charge in [-0.25, -0.2) is 31.6 Å². The van der Waals surface area contributed by atoms with E-state index in [4.69, 9.17) is 17.3 Å². The first-order valence-electron chi connectivity index (χ1n) is 10.3. The number of hydrogen-bond acceptors (Lipinski definition) is 6. The van der Waals surface area contributed by atoms with Gasteiger partial charge in [-0.05, 0) is 60.4 Å². The number of nitrogens with zero attached hydrogens (tertiary/aromatic N) is 2. The van der Waals surface area contributed by atoms with Crippen LogP contribution in [-0.4, -0.2) is 23.5 Å². The van der Waals surface area contributed by atoms with Crippen LogP contribution in [0.5, 0.6) is 0 Å². The van der Waals surface area contributed by atoms with E-state index in [9.17, 15) is 17.9 Å². The van der Waals surface area contributed by atoms with Crippen molar-refractivity contribution in [1.29, 1.82) is 0 Å². The van der Waals surface area contributed by atoms with Crippen molar-refractivity contribution >= 4 is 44.2 Å². The Morgan fingerprint density at radius 2 is 1.89 bits per heavy atom. The highest BCUT2D eigenvalue weighted by Crippen LogP contribution is 2.39. The Morgan fingerprint density at radius 1 is 1.11 bits per heavy atom. The van der Waals surface area contributed by atoms with Crippen LogP contribution in [-0.2, 0) is 16.4 Å². The van der Waals surface area contributed by atoms with Crippen LogP contribution in [0.25, 0.3) is 22.0 Å². The molecule has 0 radical (unpaired) electrons. The van der Waals surface area contributed by atoms with Gasteiger partial charge in [-0.2, -0.15) is 0 Å². The molecule has 0 saturated heterocycles. The fraction of sp³-hybridized carbons (Fsp3) is 0.130. The molecule has 0 unspecified atom stereocenters. The Balaban J connectivity index is 1.61. The lowest BCUT2D eigenvalue weighted by Gasteiger charge is -2.16. The molecule has 0 spiro atoms. The van der Waals surface area contributed by atoms with Crippen LogP contribution in [0.15, 0.2) is 47.5 Å². The minimum absolute atomic E-state index is 0.0754. The zero-order chi connectivity index (χ0) is 25.1. The molecule has 0 amide bonds. The number of aromatic nitrogens is 2. The predicted molar refractivity (Wildman–Crippen MR) is 125 cm³/mol. The molecule has 7 nitrogen and oxygen atoms in total. The van der Waals surface area contributed by atoms with Crippen molar-refractivity contribution < 1.29 is 26.7 Å². The van der Waals surface area contributed by atoms with Gasteiger partial charge in [0.05, 0.1) is 33.2 Å². The quantitative estimate of drug-likeness (QED) is 0.358. The zero-order valence-electron chi connectivity index (χ0n) is 17.7. The van der Waals surface area contributed by atoms with Crippen LogP contribution in [0, 0.1) is 17.5 Å². The maximum Gasteiger partial charge on any atom is 0.262 e. The van der Waals surface area contributed by atoms with Gasteiger partial charge in [0.2, 0.25) is 5.95 Å². The number of aliphatic hydroxyl groups excluding tert-OH is 1. The second-order valence-corrected chi connectivity index (χ2v) is 10.1. The Morgan fingerprint density at radius 3 is 2.66 bits per heavy atom. The highest BCUT2D eigenvalue weighted by molar-refractivity contribution is 7.92. The lowest BCUT2D eigenvalue weighted by molar-refractivity contribution is 0.180. The summed E-state index contributed by atoms with van der Waals surface area (Å²) in [6.07, 6.45) is 0.800. The molecule has 1 aromatic heterocycles. The van der Waals surface area contributed by atoms with Crippen LogP contribution in [0.4, 0.5) is 24.8 Å². The highest BCUT2D eigenvalue weighted by atomic mass is 35.5. The van der Waals surface area contributed by atoms with Crippen molar-refractivity contribution in [3.8, 4) is 11.1 Å². The van der Waals surface area contributed by atoms with Crippen molar-refractivity contribution in [2.75, 3.05) is 10.5 Å². The Labute approximate surface area is 202 Å². The summed E-state index contributed by atoms with van der Waals surface area (Å²) in [5.74, 6) is -3.52. The van der Waals surface area contributed by atoms with E-state index < -0.39 is 50.4 Å². The highest BCUT2D eigenvalue weighted by Gasteiger charge is 2.30. The van der Waals surface area contributed by atoms with Gasteiger partial charge < -0.3 is 10.8 Å². The molecule has 0 saturated carbocycles. The van der Waals surface area contributed by atoms with E-state index in [1.807, 2.05) is 0 Å². The number of nitrogens with two attached hydrogens (primary N) is 1. The average Bonchev–Trinajstić information content (AvgIpc) is 3.17. The third-order valence-corrected chi connectivity index (χ3v) is 7.50. The number of benzene rings is 3. The van der Waals surface area contributed by atoms with Gasteiger partial charge >= 0.3 is 0 Å². The first-order chi connectivity index (χ1) is 16.6. The van der Waals surface area contributed by atoms with E-state index >= 15 is 8.78 Å². The summed E-state index contributed by atoms with van der Waals surface area (Å²) in [5.41, 5.74) is 4.55. The maximum absolute atomic E-state index is 15.5. The van der Waals surface area contributed by atoms with Crippen molar-refractivity contribution in [2.45, 2.75) is 23.8 Å². The number of rotatable bonds is 4. The minimum atomic E-state index is -4.40. The van der Waals surface area contributed by atoms with Crippen LogP contribution in [0.2, 0.25) is 5.02 Å². The smallest absolute Gasteiger partial charge is 0.262 e. The molecule has 1 heterocycles. The van der Waals surface area contributed by atoms with Gasteiger partial charge in [0.25, 0.3) is 10.0 Å². The van der Waals surface area contributed by atoms with Crippen LogP contribution in [0.3, 0.4) is 0 Å². The number of nitrogen functional groups attached to an aromatic ring is 1. The molecule has 35 heavy (non-hydrogen) atoms. The van der Waals surface area contributed by atoms with E-state index in [2.05, 4.69) is 14.7 Å². The summed E-state index contributed by atoms with van der Waals surface area (Å²) in [4.78, 5) is 7.35. The van der Waals surface area contributed by atoms with Gasteiger partial charge in [-0.15, -0.1) is 0 Å². The third kappa shape index (κ3) is 3.95. The van der Waals surface area contributed by atoms with E-state index in [1.165, 1.54) is 18.2 Å². The van der Waals surface area contributed by atoms with Crippen molar-refractivity contribution in [3.05, 3.63) is 76.2 Å². The number of anilines is 2. The third-order valence-electron chi connectivity index (χ3n) is 5.85. The Bertz CT molecular complexity index is 1630. The molecule has 4 aromatic rings. The van der Waals surface area contributed by atoms with E-state index in [0.29, 0.717) is 17.5 Å². The molecule has 1 aliphatic carbocycles. The van der Waals surface area contributed by atoms with E-state index in [-0.39, 0.29) is 33.2 Å². The van der Waals surface area contributed by atoms with E-state index in [0.717, 1.165) is 24.4 Å². The van der Waals surface area contributed by atoms with Crippen LogP contribution >= 0.6 is 11.6 Å². The van der Waals surface area contributed by atoms with Gasteiger partial charge in [0.1, 0.15) is 11.6 Å². The second kappa shape index (κ2) is 8.36. The normalized spacial score (nSPS) is 15.4. The molecular formula is C23H16ClF3N4O3S. The molecular weight excluding hydrogens is 505 g/mol.